The molecule has 1 aromatic heterocycles. The Bertz CT molecular complexity index is 489. The molecule has 1 N–H and O–H groups in total. The van der Waals surface area contributed by atoms with Crippen molar-refractivity contribution in [3.05, 3.63) is 34.5 Å². The summed E-state index contributed by atoms with van der Waals surface area (Å²) in [7, 11) is 0. The van der Waals surface area contributed by atoms with Crippen molar-refractivity contribution < 1.29 is 4.39 Å². The van der Waals surface area contributed by atoms with E-state index in [4.69, 9.17) is 0 Å². The van der Waals surface area contributed by atoms with E-state index in [1.807, 2.05) is 6.07 Å². The average molecular weight is 207 g/mol. The lowest BCUT2D eigenvalue weighted by Crippen LogP contribution is -2.22. The van der Waals surface area contributed by atoms with Crippen molar-refractivity contribution in [3.8, 4) is 0 Å². The third-order valence-corrected chi connectivity index (χ3v) is 3.94. The molecule has 0 unspecified atom stereocenters. The van der Waals surface area contributed by atoms with E-state index in [-0.39, 0.29) is 5.82 Å². The maximum atomic E-state index is 13.1. The van der Waals surface area contributed by atoms with Gasteiger partial charge >= 0.3 is 0 Å². The summed E-state index contributed by atoms with van der Waals surface area (Å²) < 4.78 is 14.3. The minimum absolute atomic E-state index is 0.135. The van der Waals surface area contributed by atoms with Crippen LogP contribution >= 0.6 is 11.3 Å². The van der Waals surface area contributed by atoms with Gasteiger partial charge in [0.25, 0.3) is 0 Å². The smallest absolute Gasteiger partial charge is 0.123 e. The molecule has 14 heavy (non-hydrogen) atoms. The van der Waals surface area contributed by atoms with Gasteiger partial charge in [0.05, 0.1) is 0 Å². The predicted octanol–water partition coefficient (Wildman–Crippen LogP) is 2.69. The van der Waals surface area contributed by atoms with Crippen LogP contribution in [-0.4, -0.2) is 6.54 Å². The fourth-order valence-corrected chi connectivity index (χ4v) is 3.19. The highest BCUT2D eigenvalue weighted by molar-refractivity contribution is 7.19. The average Bonchev–Trinajstić information content (AvgIpc) is 2.56. The van der Waals surface area contributed by atoms with Gasteiger partial charge in [-0.3, -0.25) is 0 Å². The topological polar surface area (TPSA) is 12.0 Å². The van der Waals surface area contributed by atoms with Gasteiger partial charge in [0.15, 0.2) is 0 Å². The molecule has 2 aromatic rings. The first-order valence-corrected chi connectivity index (χ1v) is 5.57. The zero-order chi connectivity index (χ0) is 9.54. The highest BCUT2D eigenvalue weighted by Crippen LogP contribution is 2.33. The summed E-state index contributed by atoms with van der Waals surface area (Å²) in [5.41, 5.74) is 1.30. The molecule has 0 aliphatic carbocycles. The van der Waals surface area contributed by atoms with Gasteiger partial charge in [-0.25, -0.2) is 4.39 Å². The number of fused-ring (bicyclic) bond motifs is 3. The minimum atomic E-state index is -0.135. The molecular weight excluding hydrogens is 197 g/mol. The van der Waals surface area contributed by atoms with Gasteiger partial charge in [0.2, 0.25) is 0 Å². The maximum absolute atomic E-state index is 13.1. The second kappa shape index (κ2) is 3.04. The van der Waals surface area contributed by atoms with Crippen LogP contribution in [0, 0.1) is 5.82 Å². The molecule has 72 valence electrons. The fraction of sp³-hybridized carbons (Fsp3) is 0.273. The number of hydrogen-bond acceptors (Lipinski definition) is 2. The van der Waals surface area contributed by atoms with E-state index in [1.165, 1.54) is 21.2 Å². The quantitative estimate of drug-likeness (QED) is 0.700. The van der Waals surface area contributed by atoms with Crippen LogP contribution in [0.3, 0.4) is 0 Å². The van der Waals surface area contributed by atoms with E-state index < -0.39 is 0 Å². The molecule has 1 aliphatic rings. The Morgan fingerprint density at radius 2 is 2.29 bits per heavy atom. The van der Waals surface area contributed by atoms with Crippen molar-refractivity contribution in [2.75, 3.05) is 6.54 Å². The number of benzene rings is 1. The minimum Gasteiger partial charge on any atom is -0.312 e. The first-order chi connectivity index (χ1) is 6.84. The predicted molar refractivity (Wildman–Crippen MR) is 57.2 cm³/mol. The molecule has 1 nitrogen and oxygen atoms in total. The summed E-state index contributed by atoms with van der Waals surface area (Å²) in [6.07, 6.45) is 1.08. The third kappa shape index (κ3) is 1.16. The number of hydrogen-bond donors (Lipinski definition) is 1. The summed E-state index contributed by atoms with van der Waals surface area (Å²) in [5.74, 6) is -0.135. The van der Waals surface area contributed by atoms with Gasteiger partial charge in [-0.15, -0.1) is 11.3 Å². The van der Waals surface area contributed by atoms with Crippen LogP contribution < -0.4 is 5.32 Å². The molecule has 0 atom stereocenters. The largest absolute Gasteiger partial charge is 0.312 e. The molecule has 0 saturated heterocycles. The Kier molecular flexibility index (Phi) is 1.82. The van der Waals surface area contributed by atoms with E-state index >= 15 is 0 Å². The van der Waals surface area contributed by atoms with E-state index in [1.54, 1.807) is 17.4 Å². The van der Waals surface area contributed by atoms with Crippen LogP contribution in [0.2, 0.25) is 0 Å². The molecule has 0 spiro atoms. The highest BCUT2D eigenvalue weighted by Gasteiger charge is 2.15. The van der Waals surface area contributed by atoms with Gasteiger partial charge in [0.1, 0.15) is 5.82 Å². The zero-order valence-corrected chi connectivity index (χ0v) is 8.46. The van der Waals surface area contributed by atoms with Gasteiger partial charge in [-0.2, -0.15) is 0 Å². The monoisotopic (exact) mass is 207 g/mol. The SMILES string of the molecule is Fc1ccc2sc3c(c2c1)CNCC3. The molecule has 0 radical (unpaired) electrons. The van der Waals surface area contributed by atoms with Crippen molar-refractivity contribution in [1.82, 2.24) is 5.32 Å². The number of halogens is 1. The van der Waals surface area contributed by atoms with E-state index in [0.717, 1.165) is 24.9 Å². The molecular formula is C11H10FNS. The Balaban J connectivity index is 2.32. The Labute approximate surface area is 85.6 Å². The molecule has 0 fully saturated rings. The number of nitrogens with one attached hydrogen (secondary N) is 1. The van der Waals surface area contributed by atoms with Crippen molar-refractivity contribution in [2.24, 2.45) is 0 Å². The molecule has 0 saturated carbocycles. The maximum Gasteiger partial charge on any atom is 0.123 e. The lowest BCUT2D eigenvalue weighted by Gasteiger charge is -2.12. The van der Waals surface area contributed by atoms with Gasteiger partial charge < -0.3 is 5.32 Å². The van der Waals surface area contributed by atoms with Crippen LogP contribution in [0.4, 0.5) is 4.39 Å². The Hall–Kier alpha value is -0.930. The molecule has 0 bridgehead atoms. The summed E-state index contributed by atoms with van der Waals surface area (Å²) in [6.45, 7) is 1.93. The van der Waals surface area contributed by atoms with Crippen LogP contribution in [0.25, 0.3) is 10.1 Å². The van der Waals surface area contributed by atoms with Gasteiger partial charge in [-0.05, 0) is 30.2 Å². The third-order valence-electron chi connectivity index (χ3n) is 2.67. The standard InChI is InChI=1S/C11H10FNS/c12-7-1-2-10-8(5-7)9-6-13-4-3-11(9)14-10/h1-2,5,13H,3-4,6H2. The fourth-order valence-electron chi connectivity index (χ4n) is 1.98. The van der Waals surface area contributed by atoms with Crippen molar-refractivity contribution in [2.45, 2.75) is 13.0 Å². The first kappa shape index (κ1) is 8.38. The molecule has 1 aromatic carbocycles. The van der Waals surface area contributed by atoms with E-state index in [2.05, 4.69) is 5.32 Å². The first-order valence-electron chi connectivity index (χ1n) is 4.75. The number of thiophene rings is 1. The molecule has 0 amide bonds. The summed E-state index contributed by atoms with van der Waals surface area (Å²) in [6, 6.07) is 5.07. The van der Waals surface area contributed by atoms with Crippen LogP contribution in [0.5, 0.6) is 0 Å². The lowest BCUT2D eigenvalue weighted by atomic mass is 10.1. The Morgan fingerprint density at radius 3 is 3.21 bits per heavy atom. The zero-order valence-electron chi connectivity index (χ0n) is 7.64. The van der Waals surface area contributed by atoms with E-state index in [0.29, 0.717) is 0 Å². The Morgan fingerprint density at radius 1 is 1.36 bits per heavy atom. The van der Waals surface area contributed by atoms with Gasteiger partial charge in [-0.1, -0.05) is 0 Å². The van der Waals surface area contributed by atoms with Crippen molar-refractivity contribution >= 4 is 21.4 Å². The lowest BCUT2D eigenvalue weighted by molar-refractivity contribution is 0.628. The molecule has 1 aliphatic heterocycles. The van der Waals surface area contributed by atoms with Crippen LogP contribution in [-0.2, 0) is 13.0 Å². The summed E-state index contributed by atoms with van der Waals surface area (Å²) >= 11 is 1.80. The molecule has 2 heterocycles. The highest BCUT2D eigenvalue weighted by atomic mass is 32.1. The van der Waals surface area contributed by atoms with Crippen molar-refractivity contribution in [3.63, 3.8) is 0 Å². The normalized spacial score (nSPS) is 15.8. The second-order valence-electron chi connectivity index (χ2n) is 3.57. The molecule has 3 rings (SSSR count). The number of rotatable bonds is 0. The van der Waals surface area contributed by atoms with Crippen LogP contribution in [0.15, 0.2) is 18.2 Å². The second-order valence-corrected chi connectivity index (χ2v) is 4.71. The summed E-state index contributed by atoms with van der Waals surface area (Å²) in [5, 5.41) is 4.42. The molecule has 3 heteroatoms. The summed E-state index contributed by atoms with van der Waals surface area (Å²) in [4.78, 5) is 1.42. The van der Waals surface area contributed by atoms with Crippen molar-refractivity contribution in [1.29, 1.82) is 0 Å². The van der Waals surface area contributed by atoms with Gasteiger partial charge in [0, 0.05) is 28.1 Å². The van der Waals surface area contributed by atoms with E-state index in [9.17, 15) is 4.39 Å². The van der Waals surface area contributed by atoms with Crippen LogP contribution in [0.1, 0.15) is 10.4 Å².